The molecule has 1 unspecified atom stereocenters. The zero-order valence-corrected chi connectivity index (χ0v) is 17.0. The van der Waals surface area contributed by atoms with Crippen molar-refractivity contribution in [3.8, 4) is 0 Å². The van der Waals surface area contributed by atoms with Crippen LogP contribution >= 0.6 is 0 Å². The molecule has 1 heterocycles. The van der Waals surface area contributed by atoms with E-state index in [0.29, 0.717) is 0 Å². The highest BCUT2D eigenvalue weighted by atomic mass is 16.5. The normalized spacial score (nSPS) is 17.0. The van der Waals surface area contributed by atoms with Crippen LogP contribution in [0.4, 0.5) is 0 Å². The first-order valence-electron chi connectivity index (χ1n) is 10.2. The van der Waals surface area contributed by atoms with Crippen molar-refractivity contribution in [2.45, 2.75) is 31.5 Å². The minimum atomic E-state index is -0.545. The van der Waals surface area contributed by atoms with Crippen molar-refractivity contribution >= 4 is 22.9 Å². The Morgan fingerprint density at radius 1 is 1.30 bits per heavy atom. The predicted octanol–water partition coefficient (Wildman–Crippen LogP) is 3.14. The van der Waals surface area contributed by atoms with E-state index in [9.17, 15) is 9.90 Å². The van der Waals surface area contributed by atoms with Crippen LogP contribution in [0.2, 0.25) is 0 Å². The second kappa shape index (κ2) is 8.83. The van der Waals surface area contributed by atoms with Crippen molar-refractivity contribution in [2.24, 2.45) is 0 Å². The molecule has 0 bridgehead atoms. The van der Waals surface area contributed by atoms with Gasteiger partial charge in [-0.1, -0.05) is 36.4 Å². The van der Waals surface area contributed by atoms with Crippen LogP contribution in [-0.2, 0) is 17.8 Å². The number of amides is 1. The summed E-state index contributed by atoms with van der Waals surface area (Å²) in [5, 5.41) is 20.0. The van der Waals surface area contributed by atoms with E-state index in [-0.39, 0.29) is 18.7 Å². The molecule has 0 saturated heterocycles. The topological polar surface area (TPSA) is 77.7 Å². The predicted molar refractivity (Wildman–Crippen MR) is 117 cm³/mol. The molecule has 0 fully saturated rings. The number of aliphatic hydroxyl groups excluding tert-OH is 1. The van der Waals surface area contributed by atoms with Gasteiger partial charge in [-0.3, -0.25) is 14.9 Å². The molecule has 156 valence electrons. The van der Waals surface area contributed by atoms with E-state index in [1.165, 1.54) is 28.1 Å². The number of hydrogen-bond donors (Lipinski definition) is 3. The van der Waals surface area contributed by atoms with Gasteiger partial charge >= 0.3 is 0 Å². The lowest BCUT2D eigenvalue weighted by Gasteiger charge is -2.33. The minimum Gasteiger partial charge on any atom is -0.395 e. The zero-order chi connectivity index (χ0) is 21.1. The van der Waals surface area contributed by atoms with Gasteiger partial charge in [-0.05, 0) is 60.2 Å². The molecule has 2 aromatic carbocycles. The lowest BCUT2D eigenvalue weighted by atomic mass is 10.0. The van der Waals surface area contributed by atoms with E-state index < -0.39 is 5.91 Å². The largest absolute Gasteiger partial charge is 0.395 e. The van der Waals surface area contributed by atoms with Gasteiger partial charge in [0.1, 0.15) is 0 Å². The number of aromatic nitrogens is 1. The van der Waals surface area contributed by atoms with Crippen LogP contribution in [0, 0.1) is 0 Å². The molecule has 1 aliphatic carbocycles. The van der Waals surface area contributed by atoms with Crippen LogP contribution in [0.5, 0.6) is 0 Å². The first kappa shape index (κ1) is 20.3. The molecule has 0 spiro atoms. The van der Waals surface area contributed by atoms with Gasteiger partial charge in [-0.2, -0.15) is 0 Å². The van der Waals surface area contributed by atoms with Crippen molar-refractivity contribution in [1.29, 1.82) is 0 Å². The number of aryl methyl sites for hydroxylation is 1. The number of benzene rings is 2. The second-order valence-corrected chi connectivity index (χ2v) is 7.85. The molecule has 0 aliphatic heterocycles. The van der Waals surface area contributed by atoms with Crippen molar-refractivity contribution in [3.05, 3.63) is 77.5 Å². The van der Waals surface area contributed by atoms with Crippen LogP contribution in [-0.4, -0.2) is 45.4 Å². The third-order valence-electron chi connectivity index (χ3n) is 6.12. The first-order chi connectivity index (χ1) is 14.6. The quantitative estimate of drug-likeness (QED) is 0.321. The number of likely N-dealkylation sites (N-methyl/N-ethyl adjacent to an activating group) is 1. The number of hydroxylamine groups is 1. The average molecular weight is 405 g/mol. The molecule has 1 aliphatic rings. The highest BCUT2D eigenvalue weighted by Crippen LogP contribution is 2.37. The Bertz CT molecular complexity index is 1070. The molecule has 6 heteroatoms. The first-order valence-corrected chi connectivity index (χ1v) is 10.2. The lowest BCUT2D eigenvalue weighted by molar-refractivity contribution is -0.124. The van der Waals surface area contributed by atoms with Gasteiger partial charge < -0.3 is 9.67 Å². The van der Waals surface area contributed by atoms with Crippen LogP contribution in [0.3, 0.4) is 0 Å². The Kier molecular flexibility index (Phi) is 5.99. The van der Waals surface area contributed by atoms with Gasteiger partial charge in [0.05, 0.1) is 12.6 Å². The van der Waals surface area contributed by atoms with Gasteiger partial charge in [0, 0.05) is 30.4 Å². The van der Waals surface area contributed by atoms with E-state index in [2.05, 4.69) is 53.0 Å². The van der Waals surface area contributed by atoms with Crippen molar-refractivity contribution in [1.82, 2.24) is 14.9 Å². The monoisotopic (exact) mass is 405 g/mol. The van der Waals surface area contributed by atoms with E-state index in [1.54, 1.807) is 11.6 Å². The maximum absolute atomic E-state index is 11.2. The number of para-hydroxylation sites is 1. The molecule has 3 N–H and O–H groups in total. The van der Waals surface area contributed by atoms with Gasteiger partial charge in [0.15, 0.2) is 0 Å². The number of rotatable bonds is 7. The molecule has 1 amide bonds. The van der Waals surface area contributed by atoms with Crippen molar-refractivity contribution in [3.63, 3.8) is 0 Å². The summed E-state index contributed by atoms with van der Waals surface area (Å²) >= 11 is 0. The summed E-state index contributed by atoms with van der Waals surface area (Å²) in [6.45, 7) is 0.815. The van der Waals surface area contributed by atoms with E-state index in [1.807, 2.05) is 18.2 Å². The number of carbonyl (C=O) groups is 1. The van der Waals surface area contributed by atoms with Gasteiger partial charge in [-0.25, -0.2) is 5.48 Å². The van der Waals surface area contributed by atoms with E-state index in [4.69, 9.17) is 5.21 Å². The van der Waals surface area contributed by atoms with Crippen LogP contribution in [0.15, 0.2) is 60.8 Å². The maximum atomic E-state index is 11.2. The number of aliphatic hydroxyl groups is 1. The van der Waals surface area contributed by atoms with Crippen LogP contribution < -0.4 is 5.48 Å². The van der Waals surface area contributed by atoms with Gasteiger partial charge in [0.25, 0.3) is 5.91 Å². The maximum Gasteiger partial charge on any atom is 0.267 e. The smallest absolute Gasteiger partial charge is 0.267 e. The SMILES string of the molecule is CN(C1CCc2cc(/C=C/C(=O)NO)ccc21)[C@H](CO)Cn1ccc2ccccc21. The van der Waals surface area contributed by atoms with Crippen molar-refractivity contribution < 1.29 is 15.1 Å². The summed E-state index contributed by atoms with van der Waals surface area (Å²) in [4.78, 5) is 13.5. The Morgan fingerprint density at radius 2 is 2.13 bits per heavy atom. The molecule has 6 nitrogen and oxygen atoms in total. The van der Waals surface area contributed by atoms with Gasteiger partial charge in [-0.15, -0.1) is 0 Å². The summed E-state index contributed by atoms with van der Waals surface area (Å²) < 4.78 is 2.21. The number of nitrogens with zero attached hydrogens (tertiary/aromatic N) is 2. The average Bonchev–Trinajstić information content (AvgIpc) is 3.39. The van der Waals surface area contributed by atoms with Crippen LogP contribution in [0.25, 0.3) is 17.0 Å². The molecular weight excluding hydrogens is 378 g/mol. The molecular formula is C24H27N3O3. The number of hydrogen-bond acceptors (Lipinski definition) is 4. The number of carbonyl (C=O) groups excluding carboxylic acids is 1. The molecule has 30 heavy (non-hydrogen) atoms. The third kappa shape index (κ3) is 4.03. The number of fused-ring (bicyclic) bond motifs is 2. The molecule has 3 aromatic rings. The lowest BCUT2D eigenvalue weighted by Crippen LogP contribution is -2.40. The highest BCUT2D eigenvalue weighted by molar-refractivity contribution is 5.90. The van der Waals surface area contributed by atoms with Crippen molar-refractivity contribution in [2.75, 3.05) is 13.7 Å². The third-order valence-corrected chi connectivity index (χ3v) is 6.12. The Balaban J connectivity index is 1.51. The van der Waals surface area contributed by atoms with E-state index in [0.717, 1.165) is 24.9 Å². The Morgan fingerprint density at radius 3 is 2.93 bits per heavy atom. The van der Waals surface area contributed by atoms with E-state index >= 15 is 0 Å². The Hall–Kier alpha value is -2.93. The highest BCUT2D eigenvalue weighted by Gasteiger charge is 2.30. The zero-order valence-electron chi connectivity index (χ0n) is 17.0. The molecule has 0 saturated carbocycles. The van der Waals surface area contributed by atoms with Gasteiger partial charge in [0.2, 0.25) is 0 Å². The second-order valence-electron chi connectivity index (χ2n) is 7.85. The standard InChI is InChI=1S/C24H27N3O3/c1-26(20(16-28)15-27-13-12-18-4-2-3-5-22(18)27)23-10-8-19-14-17(6-9-21(19)23)7-11-24(29)25-30/h2-7,9,11-14,20,23,28,30H,8,10,15-16H2,1H3,(H,25,29)/b11-7+/t20-,23?/m0/s1. The minimum absolute atomic E-state index is 0.00424. The fourth-order valence-electron chi connectivity index (χ4n) is 4.45. The summed E-state index contributed by atoms with van der Waals surface area (Å²) in [6, 6.07) is 16.9. The summed E-state index contributed by atoms with van der Waals surface area (Å²) in [6.07, 6.45) is 7.05. The molecule has 0 radical (unpaired) electrons. The number of nitrogens with one attached hydrogen (secondary N) is 1. The fraction of sp³-hybridized carbons (Fsp3) is 0.292. The van der Waals surface area contributed by atoms with Crippen LogP contribution in [0.1, 0.15) is 29.2 Å². The molecule has 1 aromatic heterocycles. The Labute approximate surface area is 176 Å². The summed E-state index contributed by atoms with van der Waals surface area (Å²) in [5.41, 5.74) is 6.25. The summed E-state index contributed by atoms with van der Waals surface area (Å²) in [7, 11) is 2.09. The molecule has 4 rings (SSSR count). The fourth-order valence-corrected chi connectivity index (χ4v) is 4.45. The molecule has 2 atom stereocenters. The summed E-state index contributed by atoms with van der Waals surface area (Å²) in [5.74, 6) is -0.545.